The van der Waals surface area contributed by atoms with Gasteiger partial charge in [-0.05, 0) is 25.0 Å². The Hall–Kier alpha value is -1.82. The third kappa shape index (κ3) is 4.70. The number of pyridine rings is 1. The molecule has 0 bridgehead atoms. The van der Waals surface area contributed by atoms with Crippen molar-refractivity contribution in [3.05, 3.63) is 28.7 Å². The molecule has 0 fully saturated rings. The zero-order valence-electron chi connectivity index (χ0n) is 12.3. The van der Waals surface area contributed by atoms with Crippen LogP contribution in [0.25, 0.3) is 0 Å². The highest BCUT2D eigenvalue weighted by atomic mass is 16.5. The van der Waals surface area contributed by atoms with Crippen LogP contribution in [-0.4, -0.2) is 30.2 Å². The molecule has 20 heavy (non-hydrogen) atoms. The molecule has 0 spiro atoms. The number of nitrogens with two attached hydrogens (primary N) is 1. The van der Waals surface area contributed by atoms with Gasteiger partial charge < -0.3 is 20.4 Å². The van der Waals surface area contributed by atoms with Gasteiger partial charge in [-0.15, -0.1) is 0 Å². The zero-order chi connectivity index (χ0) is 15.1. The smallest absolute Gasteiger partial charge is 0.293 e. The van der Waals surface area contributed by atoms with E-state index < -0.39 is 0 Å². The molecule has 0 saturated carbocycles. The van der Waals surface area contributed by atoms with Gasteiger partial charge in [0.15, 0.2) is 12.4 Å². The van der Waals surface area contributed by atoms with Crippen molar-refractivity contribution in [2.24, 2.45) is 11.7 Å². The summed E-state index contributed by atoms with van der Waals surface area (Å²) in [5.74, 6) is 0.297. The standard InChI is InChI=1S/C14H23N3O3/c1-10(2)8-16-13(18)9-20-12-5-4-6-17(14(12)19)11(3)7-15/h4-6,10-11H,7-9,15H2,1-3H3,(H,16,18). The molecule has 1 aromatic heterocycles. The number of carbonyl (C=O) groups is 1. The average Bonchev–Trinajstić information content (AvgIpc) is 2.43. The van der Waals surface area contributed by atoms with Crippen LogP contribution in [0.2, 0.25) is 0 Å². The van der Waals surface area contributed by atoms with E-state index >= 15 is 0 Å². The van der Waals surface area contributed by atoms with Crippen molar-refractivity contribution < 1.29 is 9.53 Å². The Morgan fingerprint density at radius 2 is 2.15 bits per heavy atom. The first-order chi connectivity index (χ1) is 9.45. The second kappa shape index (κ2) is 7.69. The first kappa shape index (κ1) is 16.2. The Balaban J connectivity index is 2.65. The Morgan fingerprint density at radius 3 is 2.75 bits per heavy atom. The summed E-state index contributed by atoms with van der Waals surface area (Å²) in [6, 6.07) is 3.15. The number of amides is 1. The minimum Gasteiger partial charge on any atom is -0.478 e. The van der Waals surface area contributed by atoms with E-state index in [9.17, 15) is 9.59 Å². The molecule has 1 heterocycles. The van der Waals surface area contributed by atoms with Crippen molar-refractivity contribution in [3.63, 3.8) is 0 Å². The zero-order valence-corrected chi connectivity index (χ0v) is 12.3. The van der Waals surface area contributed by atoms with Crippen LogP contribution in [0.1, 0.15) is 26.8 Å². The van der Waals surface area contributed by atoms with Gasteiger partial charge in [0.25, 0.3) is 11.5 Å². The molecule has 6 heteroatoms. The van der Waals surface area contributed by atoms with Crippen LogP contribution in [0.4, 0.5) is 0 Å². The van der Waals surface area contributed by atoms with Crippen LogP contribution in [0.15, 0.2) is 23.1 Å². The van der Waals surface area contributed by atoms with Crippen molar-refractivity contribution in [2.75, 3.05) is 19.7 Å². The number of carbonyl (C=O) groups excluding carboxylic acids is 1. The van der Waals surface area contributed by atoms with Gasteiger partial charge in [-0.1, -0.05) is 13.8 Å². The number of hydrogen-bond donors (Lipinski definition) is 2. The molecule has 3 N–H and O–H groups in total. The molecule has 1 unspecified atom stereocenters. The fraction of sp³-hybridized carbons (Fsp3) is 0.571. The van der Waals surface area contributed by atoms with E-state index in [1.54, 1.807) is 18.3 Å². The molecule has 0 saturated heterocycles. The number of hydrogen-bond acceptors (Lipinski definition) is 4. The van der Waals surface area contributed by atoms with Gasteiger partial charge in [-0.25, -0.2) is 0 Å². The van der Waals surface area contributed by atoms with Gasteiger partial charge >= 0.3 is 0 Å². The number of aromatic nitrogens is 1. The molecule has 1 amide bonds. The van der Waals surface area contributed by atoms with Gasteiger partial charge in [0.05, 0.1) is 0 Å². The summed E-state index contributed by atoms with van der Waals surface area (Å²) in [5, 5.41) is 2.73. The van der Waals surface area contributed by atoms with Crippen molar-refractivity contribution in [1.82, 2.24) is 9.88 Å². The summed E-state index contributed by atoms with van der Waals surface area (Å²) < 4.78 is 6.78. The van der Waals surface area contributed by atoms with Gasteiger partial charge in [0, 0.05) is 25.3 Å². The van der Waals surface area contributed by atoms with E-state index in [1.165, 1.54) is 4.57 Å². The van der Waals surface area contributed by atoms with Crippen molar-refractivity contribution in [2.45, 2.75) is 26.8 Å². The molecule has 1 rings (SSSR count). The predicted octanol–water partition coefficient (Wildman–Crippen LogP) is 0.519. The molecular formula is C14H23N3O3. The fourth-order valence-corrected chi connectivity index (χ4v) is 1.57. The summed E-state index contributed by atoms with van der Waals surface area (Å²) in [7, 11) is 0. The normalized spacial score (nSPS) is 12.2. The number of ether oxygens (including phenoxy) is 1. The lowest BCUT2D eigenvalue weighted by atomic mass is 10.2. The van der Waals surface area contributed by atoms with Crippen molar-refractivity contribution >= 4 is 5.91 Å². The highest BCUT2D eigenvalue weighted by Crippen LogP contribution is 2.06. The third-order valence-corrected chi connectivity index (χ3v) is 2.82. The summed E-state index contributed by atoms with van der Waals surface area (Å²) in [6.45, 7) is 6.64. The van der Waals surface area contributed by atoms with Crippen LogP contribution in [0, 0.1) is 5.92 Å². The summed E-state index contributed by atoms with van der Waals surface area (Å²) >= 11 is 0. The number of rotatable bonds is 7. The minimum atomic E-state index is -0.276. The third-order valence-electron chi connectivity index (χ3n) is 2.82. The first-order valence-electron chi connectivity index (χ1n) is 6.76. The maximum absolute atomic E-state index is 12.1. The maximum Gasteiger partial charge on any atom is 0.293 e. The molecular weight excluding hydrogens is 258 g/mol. The first-order valence-corrected chi connectivity index (χ1v) is 6.76. The molecule has 0 aromatic carbocycles. The topological polar surface area (TPSA) is 86.3 Å². The van der Waals surface area contributed by atoms with E-state index in [0.29, 0.717) is 19.0 Å². The maximum atomic E-state index is 12.1. The van der Waals surface area contributed by atoms with Crippen LogP contribution >= 0.6 is 0 Å². The van der Waals surface area contributed by atoms with Gasteiger partial charge in [0.2, 0.25) is 0 Å². The summed E-state index contributed by atoms with van der Waals surface area (Å²) in [5.41, 5.74) is 5.27. The van der Waals surface area contributed by atoms with E-state index in [1.807, 2.05) is 20.8 Å². The molecule has 1 atom stereocenters. The quantitative estimate of drug-likeness (QED) is 0.763. The Kier molecular flexibility index (Phi) is 6.24. The number of nitrogens with one attached hydrogen (secondary N) is 1. The van der Waals surface area contributed by atoms with Crippen molar-refractivity contribution in [3.8, 4) is 5.75 Å². The fourth-order valence-electron chi connectivity index (χ4n) is 1.57. The predicted molar refractivity (Wildman–Crippen MR) is 77.8 cm³/mol. The van der Waals surface area contributed by atoms with Gasteiger partial charge in [-0.3, -0.25) is 9.59 Å². The minimum absolute atomic E-state index is 0.110. The van der Waals surface area contributed by atoms with E-state index in [4.69, 9.17) is 10.5 Å². The molecule has 0 radical (unpaired) electrons. The van der Waals surface area contributed by atoms with Gasteiger partial charge in [-0.2, -0.15) is 0 Å². The molecule has 6 nitrogen and oxygen atoms in total. The van der Waals surface area contributed by atoms with Crippen LogP contribution in [0.5, 0.6) is 5.75 Å². The van der Waals surface area contributed by atoms with E-state index in [0.717, 1.165) is 0 Å². The molecule has 0 aliphatic heterocycles. The lowest BCUT2D eigenvalue weighted by Crippen LogP contribution is -2.33. The second-order valence-electron chi connectivity index (χ2n) is 5.16. The van der Waals surface area contributed by atoms with Gasteiger partial charge in [0.1, 0.15) is 0 Å². The molecule has 1 aromatic rings. The van der Waals surface area contributed by atoms with Crippen LogP contribution in [-0.2, 0) is 4.79 Å². The highest BCUT2D eigenvalue weighted by Gasteiger charge is 2.10. The highest BCUT2D eigenvalue weighted by molar-refractivity contribution is 5.77. The SMILES string of the molecule is CC(C)CNC(=O)COc1cccn(C(C)CN)c1=O. The Bertz CT molecular complexity index is 497. The lowest BCUT2D eigenvalue weighted by Gasteiger charge is -2.14. The summed E-state index contributed by atoms with van der Waals surface area (Å²) in [4.78, 5) is 23.6. The largest absolute Gasteiger partial charge is 0.478 e. The van der Waals surface area contributed by atoms with E-state index in [-0.39, 0.29) is 29.9 Å². The molecule has 0 aliphatic rings. The van der Waals surface area contributed by atoms with Crippen LogP contribution < -0.4 is 21.3 Å². The van der Waals surface area contributed by atoms with Crippen molar-refractivity contribution in [1.29, 1.82) is 0 Å². The molecule has 112 valence electrons. The van der Waals surface area contributed by atoms with E-state index in [2.05, 4.69) is 5.32 Å². The number of nitrogens with zero attached hydrogens (tertiary/aromatic N) is 1. The van der Waals surface area contributed by atoms with Crippen LogP contribution in [0.3, 0.4) is 0 Å². The second-order valence-corrected chi connectivity index (χ2v) is 5.16. The lowest BCUT2D eigenvalue weighted by molar-refractivity contribution is -0.123. The molecule has 0 aliphatic carbocycles. The Morgan fingerprint density at radius 1 is 1.45 bits per heavy atom. The average molecular weight is 281 g/mol. The monoisotopic (exact) mass is 281 g/mol. The Labute approximate surface area is 118 Å². The summed E-state index contributed by atoms with van der Waals surface area (Å²) in [6.07, 6.45) is 1.66.